The Kier molecular flexibility index (Phi) is 6.21. The summed E-state index contributed by atoms with van der Waals surface area (Å²) < 4.78 is 35.8. The van der Waals surface area contributed by atoms with Gasteiger partial charge in [-0.3, -0.25) is 0 Å². The molecular formula is C24H22FN3O4. The lowest BCUT2D eigenvalue weighted by Gasteiger charge is -2.19. The number of halogens is 1. The first-order chi connectivity index (χ1) is 15.6. The molecule has 0 saturated heterocycles. The average molecular weight is 435 g/mol. The van der Waals surface area contributed by atoms with Crippen LogP contribution < -0.4 is 19.5 Å². The van der Waals surface area contributed by atoms with E-state index in [0.29, 0.717) is 34.7 Å². The van der Waals surface area contributed by atoms with Crippen LogP contribution >= 0.6 is 0 Å². The van der Waals surface area contributed by atoms with E-state index in [0.717, 1.165) is 11.1 Å². The van der Waals surface area contributed by atoms with E-state index >= 15 is 0 Å². The van der Waals surface area contributed by atoms with E-state index in [-0.39, 0.29) is 5.82 Å². The summed E-state index contributed by atoms with van der Waals surface area (Å²) in [4.78, 5) is 0. The highest BCUT2D eigenvalue weighted by Gasteiger charge is 2.23. The Morgan fingerprint density at radius 3 is 2.09 bits per heavy atom. The van der Waals surface area contributed by atoms with Crippen LogP contribution in [0, 0.1) is 5.82 Å². The van der Waals surface area contributed by atoms with Gasteiger partial charge in [0.15, 0.2) is 11.5 Å². The number of nitrogens with zero attached hydrogens (tertiary/aromatic N) is 2. The van der Waals surface area contributed by atoms with Crippen LogP contribution in [0.3, 0.4) is 0 Å². The van der Waals surface area contributed by atoms with E-state index in [1.165, 1.54) is 12.1 Å². The van der Waals surface area contributed by atoms with Gasteiger partial charge in [-0.25, -0.2) is 4.39 Å². The molecule has 3 aromatic carbocycles. The summed E-state index contributed by atoms with van der Waals surface area (Å²) in [6.07, 6.45) is 0. The van der Waals surface area contributed by atoms with Crippen LogP contribution in [-0.4, -0.2) is 31.5 Å². The van der Waals surface area contributed by atoms with Gasteiger partial charge in [0.25, 0.3) is 0 Å². The molecular weight excluding hydrogens is 413 g/mol. The minimum atomic E-state index is -0.552. The third-order valence-corrected chi connectivity index (χ3v) is 4.89. The summed E-state index contributed by atoms with van der Waals surface area (Å²) in [6.45, 7) is 0. The molecule has 1 atom stereocenters. The van der Waals surface area contributed by atoms with E-state index in [4.69, 9.17) is 18.6 Å². The zero-order valence-corrected chi connectivity index (χ0v) is 17.8. The van der Waals surface area contributed by atoms with Crippen molar-refractivity contribution in [3.63, 3.8) is 0 Å². The maximum Gasteiger partial charge on any atom is 0.247 e. The molecule has 0 aliphatic carbocycles. The van der Waals surface area contributed by atoms with Crippen LogP contribution in [0.1, 0.15) is 17.5 Å². The van der Waals surface area contributed by atoms with Crippen LogP contribution in [0.5, 0.6) is 17.2 Å². The molecule has 0 fully saturated rings. The quantitative estimate of drug-likeness (QED) is 0.412. The molecule has 4 rings (SSSR count). The predicted octanol–water partition coefficient (Wildman–Crippen LogP) is 5.10. The highest BCUT2D eigenvalue weighted by molar-refractivity contribution is 5.63. The number of rotatable bonds is 8. The largest absolute Gasteiger partial charge is 0.493 e. The third-order valence-electron chi connectivity index (χ3n) is 4.89. The van der Waals surface area contributed by atoms with Crippen LogP contribution in [-0.2, 0) is 0 Å². The second-order valence-electron chi connectivity index (χ2n) is 6.85. The first kappa shape index (κ1) is 21.2. The summed E-state index contributed by atoms with van der Waals surface area (Å²) in [5.74, 6) is 1.83. The van der Waals surface area contributed by atoms with Crippen molar-refractivity contribution in [2.45, 2.75) is 6.04 Å². The topological polar surface area (TPSA) is 78.6 Å². The second kappa shape index (κ2) is 9.38. The molecule has 8 heteroatoms. The number of ether oxygens (including phenoxy) is 3. The lowest BCUT2D eigenvalue weighted by molar-refractivity contribution is 0.324. The smallest absolute Gasteiger partial charge is 0.247 e. The maximum atomic E-state index is 13.6. The van der Waals surface area contributed by atoms with Gasteiger partial charge in [0.05, 0.1) is 21.3 Å². The molecule has 1 heterocycles. The Hall–Kier alpha value is -4.07. The number of hydrogen-bond acceptors (Lipinski definition) is 7. The Labute approximate surface area is 184 Å². The van der Waals surface area contributed by atoms with Gasteiger partial charge in [0, 0.05) is 23.4 Å². The number of anilines is 1. The zero-order valence-electron chi connectivity index (χ0n) is 17.8. The zero-order chi connectivity index (χ0) is 22.5. The molecule has 0 aliphatic rings. The first-order valence-electron chi connectivity index (χ1n) is 9.83. The fraction of sp³-hybridized carbons (Fsp3) is 0.167. The van der Waals surface area contributed by atoms with Gasteiger partial charge in [-0.05, 0) is 29.8 Å². The Balaban J connectivity index is 1.75. The molecule has 164 valence electrons. The lowest BCUT2D eigenvalue weighted by Crippen LogP contribution is -2.13. The molecule has 7 nitrogen and oxygen atoms in total. The summed E-state index contributed by atoms with van der Waals surface area (Å²) >= 11 is 0. The van der Waals surface area contributed by atoms with Crippen LogP contribution in [0.4, 0.5) is 10.1 Å². The molecule has 0 spiro atoms. The molecule has 0 radical (unpaired) electrons. The van der Waals surface area contributed by atoms with Gasteiger partial charge in [-0.2, -0.15) is 0 Å². The second-order valence-corrected chi connectivity index (χ2v) is 6.85. The number of aromatic nitrogens is 2. The van der Waals surface area contributed by atoms with E-state index in [1.807, 2.05) is 30.3 Å². The Morgan fingerprint density at radius 1 is 0.844 bits per heavy atom. The van der Waals surface area contributed by atoms with Gasteiger partial charge in [-0.15, -0.1) is 10.2 Å². The van der Waals surface area contributed by atoms with Gasteiger partial charge < -0.3 is 23.9 Å². The molecule has 32 heavy (non-hydrogen) atoms. The molecule has 0 aliphatic heterocycles. The fourth-order valence-electron chi connectivity index (χ4n) is 3.32. The first-order valence-corrected chi connectivity index (χ1v) is 9.83. The average Bonchev–Trinajstić information content (AvgIpc) is 3.33. The maximum absolute atomic E-state index is 13.6. The van der Waals surface area contributed by atoms with Crippen molar-refractivity contribution >= 4 is 5.69 Å². The van der Waals surface area contributed by atoms with Crippen molar-refractivity contribution in [1.29, 1.82) is 0 Å². The van der Waals surface area contributed by atoms with E-state index in [1.54, 1.807) is 45.6 Å². The van der Waals surface area contributed by atoms with Crippen molar-refractivity contribution < 1.29 is 23.0 Å². The highest BCUT2D eigenvalue weighted by Crippen LogP contribution is 2.41. The third kappa shape index (κ3) is 4.34. The van der Waals surface area contributed by atoms with E-state index in [2.05, 4.69) is 15.5 Å². The predicted molar refractivity (Wildman–Crippen MR) is 118 cm³/mol. The number of benzene rings is 3. The van der Waals surface area contributed by atoms with Gasteiger partial charge in [-0.1, -0.05) is 30.3 Å². The molecule has 0 saturated carbocycles. The van der Waals surface area contributed by atoms with Crippen molar-refractivity contribution in [2.75, 3.05) is 26.6 Å². The molecule has 1 aromatic heterocycles. The molecule has 0 amide bonds. The van der Waals surface area contributed by atoms with Gasteiger partial charge in [0.2, 0.25) is 17.5 Å². The van der Waals surface area contributed by atoms with Crippen molar-refractivity contribution in [1.82, 2.24) is 10.2 Å². The van der Waals surface area contributed by atoms with Crippen molar-refractivity contribution in [3.8, 4) is 28.7 Å². The van der Waals surface area contributed by atoms with Crippen molar-refractivity contribution in [2.24, 2.45) is 0 Å². The summed E-state index contributed by atoms with van der Waals surface area (Å²) in [7, 11) is 4.63. The monoisotopic (exact) mass is 435 g/mol. The lowest BCUT2D eigenvalue weighted by atomic mass is 10.1. The van der Waals surface area contributed by atoms with E-state index in [9.17, 15) is 4.39 Å². The molecule has 1 N–H and O–H groups in total. The molecule has 4 aromatic rings. The summed E-state index contributed by atoms with van der Waals surface area (Å²) in [5, 5.41) is 11.8. The Morgan fingerprint density at radius 2 is 1.50 bits per heavy atom. The Bertz CT molecular complexity index is 1150. The minimum absolute atomic E-state index is 0.323. The fourth-order valence-corrected chi connectivity index (χ4v) is 3.32. The van der Waals surface area contributed by atoms with Gasteiger partial charge in [0.1, 0.15) is 11.9 Å². The van der Waals surface area contributed by atoms with Crippen LogP contribution in [0.2, 0.25) is 0 Å². The highest BCUT2D eigenvalue weighted by atomic mass is 19.1. The van der Waals surface area contributed by atoms with Crippen LogP contribution in [0.15, 0.2) is 71.1 Å². The summed E-state index contributed by atoms with van der Waals surface area (Å²) in [5.41, 5.74) is 2.20. The molecule has 0 bridgehead atoms. The van der Waals surface area contributed by atoms with E-state index < -0.39 is 6.04 Å². The van der Waals surface area contributed by atoms with Gasteiger partial charge >= 0.3 is 0 Å². The van der Waals surface area contributed by atoms with Crippen molar-refractivity contribution in [3.05, 3.63) is 84.0 Å². The SMILES string of the molecule is COc1cc(NC(c2ccc(F)cc2)c2nnc(-c3ccccc3)o2)cc(OC)c1OC. The standard InChI is InChI=1S/C24H22FN3O4/c1-29-19-13-18(14-20(30-2)22(19)31-3)26-21(15-9-11-17(25)12-10-15)24-28-27-23(32-24)16-7-5-4-6-8-16/h4-14,21,26H,1-3H3. The number of nitrogens with one attached hydrogen (secondary N) is 1. The number of hydrogen-bond donors (Lipinski definition) is 1. The molecule has 1 unspecified atom stereocenters. The minimum Gasteiger partial charge on any atom is -0.493 e. The normalized spacial score (nSPS) is 11.6. The summed E-state index contributed by atoms with van der Waals surface area (Å²) in [6, 6.07) is 18.6. The van der Waals surface area contributed by atoms with Crippen LogP contribution in [0.25, 0.3) is 11.5 Å². The number of methoxy groups -OCH3 is 3.